The molecule has 7 rings (SSSR count). The minimum Gasteiger partial charge on any atom is -0.399 e. The molecule has 1 fully saturated rings. The summed E-state index contributed by atoms with van der Waals surface area (Å²) in [6.45, 7) is 14.7. The van der Waals surface area contributed by atoms with Gasteiger partial charge in [-0.25, -0.2) is 0 Å². The van der Waals surface area contributed by atoms with Gasteiger partial charge in [-0.2, -0.15) is 0 Å². The van der Waals surface area contributed by atoms with Crippen LogP contribution < -0.4 is 5.46 Å². The maximum atomic E-state index is 6.33. The lowest BCUT2D eigenvalue weighted by Gasteiger charge is -2.32. The number of thiophene rings is 1. The van der Waals surface area contributed by atoms with Gasteiger partial charge in [-0.15, -0.1) is 11.3 Å². The maximum Gasteiger partial charge on any atom is 0.494 e. The van der Waals surface area contributed by atoms with Crippen LogP contribution in [0.4, 0.5) is 0 Å². The topological polar surface area (TPSA) is 23.4 Å². The average Bonchev–Trinajstić information content (AvgIpc) is 3.56. The van der Waals surface area contributed by atoms with Crippen molar-refractivity contribution in [1.82, 2.24) is 4.57 Å². The highest BCUT2D eigenvalue weighted by molar-refractivity contribution is 7.27. The van der Waals surface area contributed by atoms with E-state index in [1.165, 1.54) is 47.4 Å². The van der Waals surface area contributed by atoms with Gasteiger partial charge in [0.25, 0.3) is 0 Å². The fraction of sp³-hybridized carbons (Fsp3) is 0.200. The molecule has 4 aromatic carbocycles. The van der Waals surface area contributed by atoms with Gasteiger partial charge < -0.3 is 13.9 Å². The first-order valence-electron chi connectivity index (χ1n) is 13.9. The van der Waals surface area contributed by atoms with Crippen LogP contribution in [-0.2, 0) is 9.31 Å². The summed E-state index contributed by atoms with van der Waals surface area (Å²) in [6.07, 6.45) is 6.34. The first-order valence-corrected chi connectivity index (χ1v) is 14.7. The molecule has 0 atom stereocenters. The van der Waals surface area contributed by atoms with E-state index in [0.29, 0.717) is 0 Å². The van der Waals surface area contributed by atoms with E-state index in [1.807, 2.05) is 17.4 Å². The number of fused-ring (bicyclic) bond motifs is 8. The molecule has 5 heteroatoms. The number of aromatic nitrogens is 1. The molecule has 0 aliphatic carbocycles. The van der Waals surface area contributed by atoms with Crippen LogP contribution in [0, 0.1) is 0 Å². The van der Waals surface area contributed by atoms with Gasteiger partial charge in [0.1, 0.15) is 0 Å². The number of allylic oxidation sites excluding steroid dienone is 1. The van der Waals surface area contributed by atoms with Crippen molar-refractivity contribution in [3.05, 3.63) is 96.7 Å². The van der Waals surface area contributed by atoms with Gasteiger partial charge >= 0.3 is 7.12 Å². The van der Waals surface area contributed by atoms with Gasteiger partial charge in [0, 0.05) is 32.1 Å². The van der Waals surface area contributed by atoms with Crippen molar-refractivity contribution in [1.29, 1.82) is 0 Å². The molecule has 2 aromatic heterocycles. The Morgan fingerprint density at radius 1 is 0.800 bits per heavy atom. The molecule has 0 unspecified atom stereocenters. The number of benzene rings is 4. The zero-order chi connectivity index (χ0) is 27.8. The van der Waals surface area contributed by atoms with Crippen LogP contribution in [0.25, 0.3) is 59.7 Å². The lowest BCUT2D eigenvalue weighted by molar-refractivity contribution is 0.00578. The second kappa shape index (κ2) is 8.94. The largest absolute Gasteiger partial charge is 0.494 e. The molecule has 1 aliphatic heterocycles. The van der Waals surface area contributed by atoms with Crippen molar-refractivity contribution in [2.24, 2.45) is 0 Å². The van der Waals surface area contributed by atoms with E-state index < -0.39 is 7.12 Å². The SMILES string of the molecule is C=Cc1c(/C=C\C)c2c3ccccc3c3c4ccccc4sc3c2n1-c1ccc(B2OC(C)(C)C(C)(C)O2)cc1. The summed E-state index contributed by atoms with van der Waals surface area (Å²) in [7, 11) is -0.392. The molecule has 6 aromatic rings. The van der Waals surface area contributed by atoms with Crippen LogP contribution in [0.2, 0.25) is 0 Å². The molecular formula is C35H32BNO2S. The average molecular weight is 542 g/mol. The second-order valence-corrected chi connectivity index (χ2v) is 12.6. The molecule has 3 nitrogen and oxygen atoms in total. The summed E-state index contributed by atoms with van der Waals surface area (Å²) in [6, 6.07) is 26.2. The summed E-state index contributed by atoms with van der Waals surface area (Å²) in [5, 5.41) is 6.43. The van der Waals surface area contributed by atoms with Crippen LogP contribution in [0.3, 0.4) is 0 Å². The monoisotopic (exact) mass is 541 g/mol. The minimum atomic E-state index is -0.392. The van der Waals surface area contributed by atoms with Gasteiger partial charge in [0.2, 0.25) is 0 Å². The zero-order valence-electron chi connectivity index (χ0n) is 23.6. The molecule has 0 spiro atoms. The molecule has 0 amide bonds. The molecule has 1 saturated heterocycles. The first-order chi connectivity index (χ1) is 19.3. The highest BCUT2D eigenvalue weighted by Gasteiger charge is 2.51. The Labute approximate surface area is 239 Å². The molecule has 0 radical (unpaired) electrons. The van der Waals surface area contributed by atoms with E-state index in [1.54, 1.807) is 0 Å². The van der Waals surface area contributed by atoms with E-state index in [2.05, 4.69) is 131 Å². The minimum absolute atomic E-state index is 0.377. The Balaban J connectivity index is 1.54. The quantitative estimate of drug-likeness (QED) is 0.208. The fourth-order valence-electron chi connectivity index (χ4n) is 6.06. The van der Waals surface area contributed by atoms with Crippen molar-refractivity contribution in [2.75, 3.05) is 0 Å². The van der Waals surface area contributed by atoms with Gasteiger partial charge in [-0.3, -0.25) is 0 Å². The predicted octanol–water partition coefficient (Wildman–Crippen LogP) is 9.13. The molecule has 0 bridgehead atoms. The van der Waals surface area contributed by atoms with Crippen molar-refractivity contribution >= 4 is 77.9 Å². The van der Waals surface area contributed by atoms with Crippen LogP contribution >= 0.6 is 11.3 Å². The van der Waals surface area contributed by atoms with Crippen molar-refractivity contribution in [2.45, 2.75) is 45.8 Å². The fourth-order valence-corrected chi connectivity index (χ4v) is 7.32. The van der Waals surface area contributed by atoms with E-state index in [-0.39, 0.29) is 11.2 Å². The van der Waals surface area contributed by atoms with E-state index in [4.69, 9.17) is 9.31 Å². The van der Waals surface area contributed by atoms with Crippen molar-refractivity contribution < 1.29 is 9.31 Å². The Kier molecular flexibility index (Phi) is 5.66. The van der Waals surface area contributed by atoms with Crippen LogP contribution in [-0.4, -0.2) is 22.9 Å². The first kappa shape index (κ1) is 25.3. The maximum absolute atomic E-state index is 6.33. The highest BCUT2D eigenvalue weighted by atomic mass is 32.1. The van der Waals surface area contributed by atoms with Crippen LogP contribution in [0.1, 0.15) is 45.9 Å². The third-order valence-corrected chi connectivity index (χ3v) is 9.90. The van der Waals surface area contributed by atoms with Crippen LogP contribution in [0.5, 0.6) is 0 Å². The predicted molar refractivity (Wildman–Crippen MR) is 174 cm³/mol. The summed E-state index contributed by atoms with van der Waals surface area (Å²) >= 11 is 1.87. The lowest BCUT2D eigenvalue weighted by atomic mass is 9.79. The molecule has 40 heavy (non-hydrogen) atoms. The van der Waals surface area contributed by atoms with Crippen molar-refractivity contribution in [3.63, 3.8) is 0 Å². The van der Waals surface area contributed by atoms with E-state index >= 15 is 0 Å². The van der Waals surface area contributed by atoms with Gasteiger partial charge in [0.15, 0.2) is 0 Å². The summed E-state index contributed by atoms with van der Waals surface area (Å²) in [4.78, 5) is 0. The lowest BCUT2D eigenvalue weighted by Crippen LogP contribution is -2.41. The van der Waals surface area contributed by atoms with Gasteiger partial charge in [-0.05, 0) is 75.1 Å². The number of hydrogen-bond acceptors (Lipinski definition) is 3. The smallest absolute Gasteiger partial charge is 0.399 e. The third kappa shape index (κ3) is 3.51. The zero-order valence-corrected chi connectivity index (χ0v) is 24.4. The molecule has 0 saturated carbocycles. The second-order valence-electron chi connectivity index (χ2n) is 11.6. The molecule has 1 aliphatic rings. The van der Waals surface area contributed by atoms with E-state index in [9.17, 15) is 0 Å². The van der Waals surface area contributed by atoms with Gasteiger partial charge in [-0.1, -0.05) is 73.3 Å². The Hall–Kier alpha value is -3.64. The standard InChI is InChI=1S/C35H32BNO2S/c1-7-13-26-28(8-2)37(23-20-18-22(19-21-23)36-38-34(3,4)35(5,6)39-36)32-30(26)24-14-9-10-15-25(24)31-27-16-11-12-17-29(27)40-33(31)32/h7-21H,2H2,1,3-6H3/b13-7-. The normalized spacial score (nSPS) is 16.8. The number of rotatable bonds is 4. The number of nitrogens with zero attached hydrogens (tertiary/aromatic N) is 1. The van der Waals surface area contributed by atoms with Crippen molar-refractivity contribution in [3.8, 4) is 5.69 Å². The summed E-state index contributed by atoms with van der Waals surface area (Å²) in [5.74, 6) is 0. The summed E-state index contributed by atoms with van der Waals surface area (Å²) < 4.78 is 17.6. The molecule has 198 valence electrons. The van der Waals surface area contributed by atoms with E-state index in [0.717, 1.165) is 16.8 Å². The summed E-state index contributed by atoms with van der Waals surface area (Å²) in [5.41, 5.74) is 4.86. The third-order valence-electron chi connectivity index (χ3n) is 8.73. The Bertz CT molecular complexity index is 1980. The molecule has 3 heterocycles. The Morgan fingerprint density at radius 3 is 2.02 bits per heavy atom. The molecule has 0 N–H and O–H groups in total. The number of hydrogen-bond donors (Lipinski definition) is 0. The van der Waals surface area contributed by atoms with Crippen LogP contribution in [0.15, 0.2) is 85.5 Å². The van der Waals surface area contributed by atoms with Gasteiger partial charge in [0.05, 0.1) is 27.1 Å². The highest BCUT2D eigenvalue weighted by Crippen LogP contribution is 2.47. The molecular weight excluding hydrogens is 509 g/mol. The Morgan fingerprint density at radius 2 is 1.40 bits per heavy atom.